The van der Waals surface area contributed by atoms with E-state index in [1.807, 2.05) is 44.2 Å². The molecule has 6 nitrogen and oxygen atoms in total. The van der Waals surface area contributed by atoms with Crippen LogP contribution in [0.4, 0.5) is 11.6 Å². The van der Waals surface area contributed by atoms with Crippen molar-refractivity contribution in [3.8, 4) is 5.75 Å². The molecular weight excluding hydrogens is 292 g/mol. The van der Waals surface area contributed by atoms with Crippen LogP contribution in [0.25, 0.3) is 0 Å². The van der Waals surface area contributed by atoms with Crippen LogP contribution in [-0.4, -0.2) is 29.5 Å². The summed E-state index contributed by atoms with van der Waals surface area (Å²) in [6, 6.07) is 9.19. The molecule has 1 aromatic heterocycles. The number of carbonyl (C=O) groups is 1. The van der Waals surface area contributed by atoms with Gasteiger partial charge in [0.15, 0.2) is 0 Å². The van der Waals surface area contributed by atoms with Crippen molar-refractivity contribution in [2.75, 3.05) is 24.3 Å². The Morgan fingerprint density at radius 2 is 1.78 bits per heavy atom. The first-order valence-electron chi connectivity index (χ1n) is 7.57. The molecule has 0 aliphatic carbocycles. The zero-order valence-corrected chi connectivity index (χ0v) is 13.7. The van der Waals surface area contributed by atoms with E-state index in [1.54, 1.807) is 7.11 Å². The van der Waals surface area contributed by atoms with Crippen molar-refractivity contribution in [1.82, 2.24) is 9.97 Å². The van der Waals surface area contributed by atoms with Gasteiger partial charge >= 0.3 is 0 Å². The van der Waals surface area contributed by atoms with Crippen LogP contribution in [0.15, 0.2) is 30.3 Å². The Balaban J connectivity index is 1.71. The molecule has 0 aliphatic heterocycles. The summed E-state index contributed by atoms with van der Waals surface area (Å²) in [5.74, 6) is 1.36. The van der Waals surface area contributed by atoms with E-state index in [0.29, 0.717) is 25.3 Å². The number of methoxy groups -OCH3 is 1. The van der Waals surface area contributed by atoms with Crippen molar-refractivity contribution in [2.45, 2.75) is 26.7 Å². The molecule has 122 valence electrons. The Kier molecular flexibility index (Phi) is 5.91. The van der Waals surface area contributed by atoms with Gasteiger partial charge in [0.2, 0.25) is 11.9 Å². The highest BCUT2D eigenvalue weighted by Crippen LogP contribution is 2.15. The smallest absolute Gasteiger partial charge is 0.224 e. The van der Waals surface area contributed by atoms with E-state index in [2.05, 4.69) is 20.6 Å². The summed E-state index contributed by atoms with van der Waals surface area (Å²) < 4.78 is 5.08. The summed E-state index contributed by atoms with van der Waals surface area (Å²) in [5, 5.41) is 6.00. The second-order valence-corrected chi connectivity index (χ2v) is 5.28. The maximum absolute atomic E-state index is 11.9. The fourth-order valence-corrected chi connectivity index (χ4v) is 2.15. The van der Waals surface area contributed by atoms with Crippen LogP contribution >= 0.6 is 0 Å². The predicted octanol–water partition coefficient (Wildman–Crippen LogP) is 2.93. The predicted molar refractivity (Wildman–Crippen MR) is 90.9 cm³/mol. The van der Waals surface area contributed by atoms with Crippen LogP contribution in [-0.2, 0) is 4.79 Å². The Morgan fingerprint density at radius 3 is 2.39 bits per heavy atom. The molecule has 1 aromatic carbocycles. The number of nitrogens with zero attached hydrogens (tertiary/aromatic N) is 2. The summed E-state index contributed by atoms with van der Waals surface area (Å²) in [6.45, 7) is 4.52. The highest BCUT2D eigenvalue weighted by Gasteiger charge is 2.03. The Labute approximate surface area is 136 Å². The molecule has 0 aliphatic rings. The lowest BCUT2D eigenvalue weighted by Gasteiger charge is -2.08. The average Bonchev–Trinajstić information content (AvgIpc) is 2.51. The van der Waals surface area contributed by atoms with E-state index in [4.69, 9.17) is 4.74 Å². The third-order valence-electron chi connectivity index (χ3n) is 3.22. The molecule has 0 atom stereocenters. The summed E-state index contributed by atoms with van der Waals surface area (Å²) in [4.78, 5) is 20.5. The monoisotopic (exact) mass is 314 g/mol. The number of hydrogen-bond acceptors (Lipinski definition) is 5. The molecule has 1 heterocycles. The first kappa shape index (κ1) is 16.7. The highest BCUT2D eigenvalue weighted by atomic mass is 16.5. The lowest BCUT2D eigenvalue weighted by atomic mass is 10.2. The number of aromatic nitrogens is 2. The van der Waals surface area contributed by atoms with Gasteiger partial charge in [0.1, 0.15) is 5.75 Å². The van der Waals surface area contributed by atoms with Crippen LogP contribution in [0.5, 0.6) is 5.75 Å². The van der Waals surface area contributed by atoms with Crippen LogP contribution in [0, 0.1) is 13.8 Å². The van der Waals surface area contributed by atoms with Crippen molar-refractivity contribution in [1.29, 1.82) is 0 Å². The van der Waals surface area contributed by atoms with Gasteiger partial charge in [-0.3, -0.25) is 4.79 Å². The molecule has 0 bridgehead atoms. The van der Waals surface area contributed by atoms with Crippen LogP contribution in [0.1, 0.15) is 24.2 Å². The summed E-state index contributed by atoms with van der Waals surface area (Å²) in [7, 11) is 1.61. The molecule has 0 saturated carbocycles. The normalized spacial score (nSPS) is 10.2. The second-order valence-electron chi connectivity index (χ2n) is 5.28. The van der Waals surface area contributed by atoms with Crippen LogP contribution in [0.2, 0.25) is 0 Å². The van der Waals surface area contributed by atoms with Crippen LogP contribution < -0.4 is 15.4 Å². The first-order chi connectivity index (χ1) is 11.1. The van der Waals surface area contributed by atoms with Crippen molar-refractivity contribution < 1.29 is 9.53 Å². The van der Waals surface area contributed by atoms with E-state index in [-0.39, 0.29) is 5.91 Å². The molecule has 0 spiro atoms. The first-order valence-corrected chi connectivity index (χ1v) is 7.57. The molecule has 0 unspecified atom stereocenters. The number of hydrogen-bond donors (Lipinski definition) is 2. The maximum atomic E-state index is 11.9. The number of benzene rings is 1. The number of rotatable bonds is 7. The molecule has 1 amide bonds. The van der Waals surface area contributed by atoms with Crippen molar-refractivity contribution in [3.05, 3.63) is 41.7 Å². The van der Waals surface area contributed by atoms with Gasteiger partial charge in [0, 0.05) is 30.0 Å². The van der Waals surface area contributed by atoms with Crippen molar-refractivity contribution >= 4 is 17.5 Å². The zero-order valence-electron chi connectivity index (χ0n) is 13.7. The van der Waals surface area contributed by atoms with E-state index in [1.165, 1.54) is 0 Å². The molecule has 0 fully saturated rings. The van der Waals surface area contributed by atoms with Crippen LogP contribution in [0.3, 0.4) is 0 Å². The molecule has 2 N–H and O–H groups in total. The van der Waals surface area contributed by atoms with Gasteiger partial charge in [0.25, 0.3) is 0 Å². The van der Waals surface area contributed by atoms with Gasteiger partial charge in [-0.15, -0.1) is 0 Å². The number of ether oxygens (including phenoxy) is 1. The minimum atomic E-state index is -0.0155. The molecule has 2 rings (SSSR count). The van der Waals surface area contributed by atoms with Crippen molar-refractivity contribution in [2.24, 2.45) is 0 Å². The third kappa shape index (κ3) is 5.58. The largest absolute Gasteiger partial charge is 0.497 e. The minimum Gasteiger partial charge on any atom is -0.497 e. The topological polar surface area (TPSA) is 76.1 Å². The fourth-order valence-electron chi connectivity index (χ4n) is 2.15. The Morgan fingerprint density at radius 1 is 1.13 bits per heavy atom. The molecule has 6 heteroatoms. The fraction of sp³-hybridized carbons (Fsp3) is 0.353. The standard InChI is InChI=1S/C17H22N4O2/c1-12-11-13(2)20-17(19-12)18-10-4-5-16(22)21-14-6-8-15(23-3)9-7-14/h6-9,11H,4-5,10H2,1-3H3,(H,21,22)(H,18,19,20). The average molecular weight is 314 g/mol. The third-order valence-corrected chi connectivity index (χ3v) is 3.22. The van der Waals surface area contributed by atoms with E-state index in [9.17, 15) is 4.79 Å². The van der Waals surface area contributed by atoms with E-state index >= 15 is 0 Å². The van der Waals surface area contributed by atoms with Gasteiger partial charge in [-0.2, -0.15) is 0 Å². The Hall–Kier alpha value is -2.63. The maximum Gasteiger partial charge on any atom is 0.224 e. The molecular formula is C17H22N4O2. The minimum absolute atomic E-state index is 0.0155. The second kappa shape index (κ2) is 8.12. The lowest BCUT2D eigenvalue weighted by Crippen LogP contribution is -2.14. The van der Waals surface area contributed by atoms with E-state index in [0.717, 1.165) is 22.8 Å². The van der Waals surface area contributed by atoms with Gasteiger partial charge in [-0.05, 0) is 50.6 Å². The van der Waals surface area contributed by atoms with E-state index < -0.39 is 0 Å². The number of nitrogens with one attached hydrogen (secondary N) is 2. The van der Waals surface area contributed by atoms with Gasteiger partial charge in [0.05, 0.1) is 7.11 Å². The quantitative estimate of drug-likeness (QED) is 0.768. The number of amides is 1. The molecule has 0 saturated heterocycles. The van der Waals surface area contributed by atoms with Gasteiger partial charge in [-0.1, -0.05) is 0 Å². The number of anilines is 2. The summed E-state index contributed by atoms with van der Waals surface area (Å²) in [5.41, 5.74) is 2.62. The molecule has 23 heavy (non-hydrogen) atoms. The number of carbonyl (C=O) groups excluding carboxylic acids is 1. The molecule has 2 aromatic rings. The lowest BCUT2D eigenvalue weighted by molar-refractivity contribution is -0.116. The highest BCUT2D eigenvalue weighted by molar-refractivity contribution is 5.90. The summed E-state index contributed by atoms with van der Waals surface area (Å²) in [6.07, 6.45) is 1.14. The SMILES string of the molecule is COc1ccc(NC(=O)CCCNc2nc(C)cc(C)n2)cc1. The van der Waals surface area contributed by atoms with Gasteiger partial charge in [-0.25, -0.2) is 9.97 Å². The van der Waals surface area contributed by atoms with Gasteiger partial charge < -0.3 is 15.4 Å². The molecule has 0 radical (unpaired) electrons. The number of aryl methyl sites for hydroxylation is 2. The zero-order chi connectivity index (χ0) is 16.7. The van der Waals surface area contributed by atoms with Crippen molar-refractivity contribution in [3.63, 3.8) is 0 Å². The Bertz CT molecular complexity index is 636. The summed E-state index contributed by atoms with van der Waals surface area (Å²) >= 11 is 0.